The van der Waals surface area contributed by atoms with Crippen molar-refractivity contribution < 1.29 is 4.74 Å². The summed E-state index contributed by atoms with van der Waals surface area (Å²) in [5, 5.41) is 2.35. The van der Waals surface area contributed by atoms with Crippen molar-refractivity contribution in [2.75, 3.05) is 0 Å². The molecule has 90 valence electrons. The molecule has 0 heterocycles. The molecule has 3 heteroatoms. The fraction of sp³-hybridized carbons (Fsp3) is 0.133. The van der Waals surface area contributed by atoms with Gasteiger partial charge in [0.15, 0.2) is 0 Å². The number of rotatable bonds is 5. The molecule has 0 radical (unpaired) electrons. The fourth-order valence-corrected chi connectivity index (χ4v) is 1.62. The van der Waals surface area contributed by atoms with Crippen molar-refractivity contribution in [1.29, 1.82) is 0 Å². The van der Waals surface area contributed by atoms with Gasteiger partial charge in [-0.2, -0.15) is 0 Å². The standard InChI is InChI=1S/C15H13NOS/c18-12-16-10-13-6-8-15(9-7-13)17-11-14-4-2-1-3-5-14/h1-9H,10-11H2. The second-order valence-electron chi connectivity index (χ2n) is 3.83. The second-order valence-corrected chi connectivity index (χ2v) is 4.01. The van der Waals surface area contributed by atoms with Gasteiger partial charge in [-0.05, 0) is 35.5 Å². The minimum absolute atomic E-state index is 0.572. The molecular weight excluding hydrogens is 242 g/mol. The Morgan fingerprint density at radius 2 is 1.67 bits per heavy atom. The Labute approximate surface area is 112 Å². The summed E-state index contributed by atoms with van der Waals surface area (Å²) in [5.74, 6) is 0.855. The van der Waals surface area contributed by atoms with Gasteiger partial charge in [0.25, 0.3) is 0 Å². The SMILES string of the molecule is S=C=NCc1ccc(OCc2ccccc2)cc1. The first-order chi connectivity index (χ1) is 8.88. The largest absolute Gasteiger partial charge is 0.489 e. The molecule has 2 aromatic rings. The highest BCUT2D eigenvalue weighted by molar-refractivity contribution is 7.78. The quantitative estimate of drug-likeness (QED) is 0.597. The van der Waals surface area contributed by atoms with Crippen LogP contribution in [-0.4, -0.2) is 5.16 Å². The Hall–Kier alpha value is -1.96. The van der Waals surface area contributed by atoms with E-state index >= 15 is 0 Å². The highest BCUT2D eigenvalue weighted by Gasteiger charge is 1.96. The lowest BCUT2D eigenvalue weighted by molar-refractivity contribution is 0.306. The number of hydrogen-bond acceptors (Lipinski definition) is 3. The average Bonchev–Trinajstić information content (AvgIpc) is 2.45. The van der Waals surface area contributed by atoms with Crippen molar-refractivity contribution in [2.45, 2.75) is 13.2 Å². The molecule has 0 aliphatic heterocycles. The van der Waals surface area contributed by atoms with Crippen molar-refractivity contribution in [3.05, 3.63) is 65.7 Å². The zero-order valence-electron chi connectivity index (χ0n) is 9.87. The first-order valence-corrected chi connectivity index (χ1v) is 6.08. The molecule has 0 aliphatic rings. The lowest BCUT2D eigenvalue weighted by Crippen LogP contribution is -1.94. The Balaban J connectivity index is 1.92. The number of isothiocyanates is 1. The van der Waals surface area contributed by atoms with E-state index in [1.54, 1.807) is 0 Å². The number of hydrogen-bond donors (Lipinski definition) is 0. The minimum Gasteiger partial charge on any atom is -0.489 e. The van der Waals surface area contributed by atoms with Gasteiger partial charge in [-0.3, -0.25) is 0 Å². The molecular formula is C15H13NOS. The maximum atomic E-state index is 5.68. The van der Waals surface area contributed by atoms with E-state index in [9.17, 15) is 0 Å². The van der Waals surface area contributed by atoms with E-state index in [0.717, 1.165) is 16.9 Å². The lowest BCUT2D eigenvalue weighted by atomic mass is 10.2. The molecule has 0 bridgehead atoms. The molecule has 0 atom stereocenters. The van der Waals surface area contributed by atoms with E-state index < -0.39 is 0 Å². The Morgan fingerprint density at radius 1 is 0.944 bits per heavy atom. The molecule has 0 aliphatic carbocycles. The molecule has 0 spiro atoms. The van der Waals surface area contributed by atoms with Gasteiger partial charge in [0.05, 0.1) is 11.7 Å². The maximum Gasteiger partial charge on any atom is 0.119 e. The Kier molecular flexibility index (Phi) is 4.65. The van der Waals surface area contributed by atoms with Crippen LogP contribution < -0.4 is 4.74 Å². The maximum absolute atomic E-state index is 5.68. The van der Waals surface area contributed by atoms with Crippen LogP contribution in [0.15, 0.2) is 59.6 Å². The third kappa shape index (κ3) is 3.81. The average molecular weight is 255 g/mol. The number of ether oxygens (including phenoxy) is 1. The van der Waals surface area contributed by atoms with Gasteiger partial charge in [-0.15, -0.1) is 0 Å². The van der Waals surface area contributed by atoms with Crippen molar-refractivity contribution >= 4 is 17.4 Å². The van der Waals surface area contributed by atoms with Gasteiger partial charge in [-0.1, -0.05) is 42.5 Å². The Morgan fingerprint density at radius 3 is 2.33 bits per heavy atom. The zero-order valence-corrected chi connectivity index (χ0v) is 10.7. The van der Waals surface area contributed by atoms with Crippen LogP contribution in [0, 0.1) is 0 Å². The molecule has 0 aromatic heterocycles. The van der Waals surface area contributed by atoms with Crippen LogP contribution in [0.4, 0.5) is 0 Å². The van der Waals surface area contributed by atoms with Crippen LogP contribution in [0.3, 0.4) is 0 Å². The third-order valence-electron chi connectivity index (χ3n) is 2.50. The predicted octanol–water partition coefficient (Wildman–Crippen LogP) is 3.87. The summed E-state index contributed by atoms with van der Waals surface area (Å²) >= 11 is 4.53. The Bertz CT molecular complexity index is 530. The van der Waals surface area contributed by atoms with Crippen LogP contribution in [-0.2, 0) is 13.2 Å². The monoisotopic (exact) mass is 255 g/mol. The normalized spacial score (nSPS) is 9.56. The molecule has 0 fully saturated rings. The summed E-state index contributed by atoms with van der Waals surface area (Å²) in [6.07, 6.45) is 0. The van der Waals surface area contributed by atoms with Crippen molar-refractivity contribution in [2.24, 2.45) is 4.99 Å². The lowest BCUT2D eigenvalue weighted by Gasteiger charge is -2.06. The summed E-state index contributed by atoms with van der Waals surface area (Å²) in [4.78, 5) is 3.89. The topological polar surface area (TPSA) is 21.6 Å². The van der Waals surface area contributed by atoms with Crippen LogP contribution in [0.5, 0.6) is 5.75 Å². The summed E-state index contributed by atoms with van der Waals surface area (Å²) < 4.78 is 5.68. The molecule has 2 nitrogen and oxygen atoms in total. The van der Waals surface area contributed by atoms with Crippen LogP contribution in [0.1, 0.15) is 11.1 Å². The highest BCUT2D eigenvalue weighted by Crippen LogP contribution is 2.14. The summed E-state index contributed by atoms with van der Waals surface area (Å²) in [7, 11) is 0. The van der Waals surface area contributed by atoms with Gasteiger partial charge in [0.1, 0.15) is 12.4 Å². The van der Waals surface area contributed by atoms with Crippen LogP contribution in [0.25, 0.3) is 0 Å². The number of aliphatic imine (C=N–C) groups is 1. The smallest absolute Gasteiger partial charge is 0.119 e. The molecule has 18 heavy (non-hydrogen) atoms. The molecule has 0 saturated heterocycles. The molecule has 0 N–H and O–H groups in total. The van der Waals surface area contributed by atoms with Crippen LogP contribution in [0.2, 0.25) is 0 Å². The zero-order chi connectivity index (χ0) is 12.6. The first kappa shape index (κ1) is 12.5. The summed E-state index contributed by atoms with van der Waals surface area (Å²) in [6.45, 7) is 1.15. The molecule has 0 saturated carbocycles. The van der Waals surface area contributed by atoms with Crippen LogP contribution >= 0.6 is 12.2 Å². The van der Waals surface area contributed by atoms with Crippen molar-refractivity contribution in [3.63, 3.8) is 0 Å². The van der Waals surface area contributed by atoms with Gasteiger partial charge in [-0.25, -0.2) is 4.99 Å². The van der Waals surface area contributed by atoms with Gasteiger partial charge in [0.2, 0.25) is 0 Å². The molecule has 0 unspecified atom stereocenters. The minimum atomic E-state index is 0.572. The van der Waals surface area contributed by atoms with Crippen molar-refractivity contribution in [3.8, 4) is 5.75 Å². The van der Waals surface area contributed by atoms with Gasteiger partial charge >= 0.3 is 0 Å². The van der Waals surface area contributed by atoms with E-state index in [1.165, 1.54) is 0 Å². The molecule has 2 aromatic carbocycles. The third-order valence-corrected chi connectivity index (χ3v) is 2.63. The first-order valence-electron chi connectivity index (χ1n) is 5.68. The fourth-order valence-electron chi connectivity index (χ4n) is 1.56. The molecule has 0 amide bonds. The number of benzene rings is 2. The summed E-state index contributed by atoms with van der Waals surface area (Å²) in [5.41, 5.74) is 2.26. The van der Waals surface area contributed by atoms with Gasteiger partial charge in [0, 0.05) is 0 Å². The van der Waals surface area contributed by atoms with Gasteiger partial charge < -0.3 is 4.74 Å². The molecule has 2 rings (SSSR count). The summed E-state index contributed by atoms with van der Waals surface area (Å²) in [6, 6.07) is 17.9. The van der Waals surface area contributed by atoms with Crippen molar-refractivity contribution in [1.82, 2.24) is 0 Å². The predicted molar refractivity (Wildman–Crippen MR) is 75.9 cm³/mol. The van der Waals surface area contributed by atoms with E-state index in [1.807, 2.05) is 54.6 Å². The second kappa shape index (κ2) is 6.70. The van der Waals surface area contributed by atoms with E-state index in [4.69, 9.17) is 4.74 Å². The van der Waals surface area contributed by atoms with E-state index in [2.05, 4.69) is 22.4 Å². The number of thiocarbonyl (C=S) groups is 1. The highest BCUT2D eigenvalue weighted by atomic mass is 32.1. The van der Waals surface area contributed by atoms with E-state index in [-0.39, 0.29) is 0 Å². The number of nitrogens with zero attached hydrogens (tertiary/aromatic N) is 1. The van der Waals surface area contributed by atoms with E-state index in [0.29, 0.717) is 13.2 Å².